The van der Waals surface area contributed by atoms with Gasteiger partial charge in [0.15, 0.2) is 0 Å². The topological polar surface area (TPSA) is 61.8 Å². The molecule has 0 heterocycles. The van der Waals surface area contributed by atoms with Gasteiger partial charge >= 0.3 is 0 Å². The number of benzene rings is 1. The normalized spacial score (nSPS) is 10.9. The second kappa shape index (κ2) is 4.65. The maximum absolute atomic E-state index is 8.77. The highest BCUT2D eigenvalue weighted by Gasteiger charge is 2.14. The molecule has 3 N–H and O–H groups in total. The van der Waals surface area contributed by atoms with Crippen LogP contribution in [-0.2, 0) is 0 Å². The highest BCUT2D eigenvalue weighted by molar-refractivity contribution is 9.10. The first kappa shape index (κ1) is 12.0. The Morgan fingerprint density at radius 1 is 1.53 bits per heavy atom. The van der Waals surface area contributed by atoms with Crippen molar-refractivity contribution < 1.29 is 0 Å². The van der Waals surface area contributed by atoms with Crippen LogP contribution < -0.4 is 11.1 Å². The van der Waals surface area contributed by atoms with Crippen molar-refractivity contribution in [2.45, 2.75) is 19.4 Å². The zero-order chi connectivity index (χ0) is 11.5. The van der Waals surface area contributed by atoms with E-state index in [4.69, 9.17) is 11.0 Å². The zero-order valence-corrected chi connectivity index (χ0v) is 10.4. The smallest absolute Gasteiger partial charge is 0.100 e. The fourth-order valence-corrected chi connectivity index (χ4v) is 1.59. The average molecular weight is 268 g/mol. The van der Waals surface area contributed by atoms with Crippen LogP contribution in [0.3, 0.4) is 0 Å². The number of nitrogens with zero attached hydrogens (tertiary/aromatic N) is 1. The number of hydrogen-bond donors (Lipinski definition) is 2. The number of rotatable bonds is 3. The van der Waals surface area contributed by atoms with Gasteiger partial charge in [-0.2, -0.15) is 5.26 Å². The van der Waals surface area contributed by atoms with Crippen LogP contribution in [-0.4, -0.2) is 12.1 Å². The molecule has 1 rings (SSSR count). The molecular weight excluding hydrogens is 254 g/mol. The Kier molecular flexibility index (Phi) is 3.72. The Balaban J connectivity index is 2.90. The molecular formula is C11H14BrN3. The molecule has 0 aliphatic carbocycles. The summed E-state index contributed by atoms with van der Waals surface area (Å²) in [5.41, 5.74) is 7.06. The van der Waals surface area contributed by atoms with Crippen LogP contribution in [0.25, 0.3) is 0 Å². The van der Waals surface area contributed by atoms with Crippen LogP contribution in [0.1, 0.15) is 19.4 Å². The fraction of sp³-hybridized carbons (Fsp3) is 0.364. The molecule has 0 radical (unpaired) electrons. The van der Waals surface area contributed by atoms with E-state index >= 15 is 0 Å². The summed E-state index contributed by atoms with van der Waals surface area (Å²) in [5.74, 6) is 0. The van der Waals surface area contributed by atoms with Crippen molar-refractivity contribution in [2.24, 2.45) is 5.73 Å². The summed E-state index contributed by atoms with van der Waals surface area (Å²) >= 11 is 3.34. The van der Waals surface area contributed by atoms with Crippen LogP contribution in [0.2, 0.25) is 0 Å². The summed E-state index contributed by atoms with van der Waals surface area (Å²) in [4.78, 5) is 0. The van der Waals surface area contributed by atoms with Gasteiger partial charge in [-0.1, -0.05) is 0 Å². The molecule has 4 heteroatoms. The van der Waals surface area contributed by atoms with E-state index < -0.39 is 0 Å². The first-order chi connectivity index (χ1) is 6.98. The number of hydrogen-bond acceptors (Lipinski definition) is 3. The van der Waals surface area contributed by atoms with Crippen molar-refractivity contribution in [3.8, 4) is 6.07 Å². The minimum absolute atomic E-state index is 0.145. The molecule has 0 aliphatic rings. The molecule has 0 aromatic heterocycles. The Labute approximate surface area is 98.4 Å². The number of nitrogens with two attached hydrogens (primary N) is 1. The minimum atomic E-state index is -0.145. The van der Waals surface area contributed by atoms with E-state index in [1.165, 1.54) is 0 Å². The van der Waals surface area contributed by atoms with Crippen LogP contribution >= 0.6 is 15.9 Å². The first-order valence-electron chi connectivity index (χ1n) is 4.66. The van der Waals surface area contributed by atoms with Gasteiger partial charge in [-0.3, -0.25) is 0 Å². The average Bonchev–Trinajstić information content (AvgIpc) is 2.17. The predicted molar refractivity (Wildman–Crippen MR) is 65.6 cm³/mol. The highest BCUT2D eigenvalue weighted by Crippen LogP contribution is 2.22. The Morgan fingerprint density at radius 3 is 2.67 bits per heavy atom. The lowest BCUT2D eigenvalue weighted by atomic mass is 10.1. The second-order valence-corrected chi connectivity index (χ2v) is 4.87. The molecule has 1 aromatic rings. The highest BCUT2D eigenvalue weighted by atomic mass is 79.9. The second-order valence-electron chi connectivity index (χ2n) is 4.02. The number of nitriles is 1. The van der Waals surface area contributed by atoms with Gasteiger partial charge in [-0.25, -0.2) is 0 Å². The lowest BCUT2D eigenvalue weighted by molar-refractivity contribution is 0.580. The van der Waals surface area contributed by atoms with Gasteiger partial charge in [-0.05, 0) is 48.0 Å². The lowest BCUT2D eigenvalue weighted by Gasteiger charge is -2.25. The van der Waals surface area contributed by atoms with E-state index in [0.717, 1.165) is 10.2 Å². The SMILES string of the molecule is CC(C)(CN)Nc1ccc(C#N)c(Br)c1. The molecule has 0 fully saturated rings. The Morgan fingerprint density at radius 2 is 2.20 bits per heavy atom. The third-order valence-electron chi connectivity index (χ3n) is 2.08. The number of anilines is 1. The van der Waals surface area contributed by atoms with Crippen molar-refractivity contribution in [2.75, 3.05) is 11.9 Å². The summed E-state index contributed by atoms with van der Waals surface area (Å²) in [6, 6.07) is 7.64. The molecule has 0 unspecified atom stereocenters. The van der Waals surface area contributed by atoms with E-state index in [0.29, 0.717) is 12.1 Å². The van der Waals surface area contributed by atoms with Crippen LogP contribution in [0.4, 0.5) is 5.69 Å². The van der Waals surface area contributed by atoms with Crippen LogP contribution in [0.15, 0.2) is 22.7 Å². The molecule has 0 spiro atoms. The molecule has 0 bridgehead atoms. The van der Waals surface area contributed by atoms with E-state index in [1.807, 2.05) is 26.0 Å². The standard InChI is InChI=1S/C11H14BrN3/c1-11(2,7-14)15-9-4-3-8(6-13)10(12)5-9/h3-5,15H,7,14H2,1-2H3. The Bertz CT molecular complexity index is 393. The monoisotopic (exact) mass is 267 g/mol. The molecule has 15 heavy (non-hydrogen) atoms. The van der Waals surface area contributed by atoms with Gasteiger partial charge in [0, 0.05) is 22.2 Å². The largest absolute Gasteiger partial charge is 0.379 e. The van der Waals surface area contributed by atoms with Crippen LogP contribution in [0, 0.1) is 11.3 Å². The van der Waals surface area contributed by atoms with Crippen molar-refractivity contribution >= 4 is 21.6 Å². The summed E-state index contributed by atoms with van der Waals surface area (Å²) in [6.07, 6.45) is 0. The molecule has 3 nitrogen and oxygen atoms in total. The minimum Gasteiger partial charge on any atom is -0.379 e. The Hall–Kier alpha value is -1.05. The van der Waals surface area contributed by atoms with E-state index in [9.17, 15) is 0 Å². The summed E-state index contributed by atoms with van der Waals surface area (Å²) in [6.45, 7) is 4.60. The van der Waals surface area contributed by atoms with Crippen LogP contribution in [0.5, 0.6) is 0 Å². The summed E-state index contributed by atoms with van der Waals surface area (Å²) in [5, 5.41) is 12.1. The van der Waals surface area contributed by atoms with Crippen molar-refractivity contribution in [1.82, 2.24) is 0 Å². The molecule has 1 aromatic carbocycles. The zero-order valence-electron chi connectivity index (χ0n) is 8.84. The molecule has 0 saturated carbocycles. The van der Waals surface area contributed by atoms with Gasteiger partial charge in [-0.15, -0.1) is 0 Å². The van der Waals surface area contributed by atoms with E-state index in [1.54, 1.807) is 6.07 Å². The molecule has 80 valence electrons. The summed E-state index contributed by atoms with van der Waals surface area (Å²) in [7, 11) is 0. The number of nitrogens with one attached hydrogen (secondary N) is 1. The van der Waals surface area contributed by atoms with Crippen molar-refractivity contribution in [3.05, 3.63) is 28.2 Å². The summed E-state index contributed by atoms with van der Waals surface area (Å²) < 4.78 is 0.794. The third-order valence-corrected chi connectivity index (χ3v) is 2.74. The quantitative estimate of drug-likeness (QED) is 0.885. The van der Waals surface area contributed by atoms with Gasteiger partial charge in [0.05, 0.1) is 5.56 Å². The van der Waals surface area contributed by atoms with Gasteiger partial charge < -0.3 is 11.1 Å². The van der Waals surface area contributed by atoms with Crippen molar-refractivity contribution in [3.63, 3.8) is 0 Å². The van der Waals surface area contributed by atoms with E-state index in [-0.39, 0.29) is 5.54 Å². The molecule has 0 atom stereocenters. The molecule has 0 amide bonds. The number of halogens is 1. The fourth-order valence-electron chi connectivity index (χ4n) is 1.13. The maximum atomic E-state index is 8.77. The third kappa shape index (κ3) is 3.22. The molecule has 0 aliphatic heterocycles. The maximum Gasteiger partial charge on any atom is 0.100 e. The van der Waals surface area contributed by atoms with Crippen molar-refractivity contribution in [1.29, 1.82) is 5.26 Å². The van der Waals surface area contributed by atoms with Gasteiger partial charge in [0.25, 0.3) is 0 Å². The van der Waals surface area contributed by atoms with E-state index in [2.05, 4.69) is 27.3 Å². The first-order valence-corrected chi connectivity index (χ1v) is 5.46. The van der Waals surface area contributed by atoms with Gasteiger partial charge in [0.1, 0.15) is 6.07 Å². The van der Waals surface area contributed by atoms with Gasteiger partial charge in [0.2, 0.25) is 0 Å². The molecule has 0 saturated heterocycles. The lowest BCUT2D eigenvalue weighted by Crippen LogP contribution is -2.39. The predicted octanol–water partition coefficient (Wildman–Crippen LogP) is 2.47.